The van der Waals surface area contributed by atoms with E-state index in [1.165, 1.54) is 6.07 Å². The van der Waals surface area contributed by atoms with Gasteiger partial charge in [0.25, 0.3) is 11.5 Å². The van der Waals surface area contributed by atoms with Crippen LogP contribution in [-0.2, 0) is 13.0 Å². The molecule has 1 amide bonds. The summed E-state index contributed by atoms with van der Waals surface area (Å²) in [6.07, 6.45) is 5.03. The molecular formula is C22H19ClN4O2. The van der Waals surface area contributed by atoms with E-state index in [9.17, 15) is 9.59 Å². The molecule has 0 bridgehead atoms. The fourth-order valence-corrected chi connectivity index (χ4v) is 3.85. The van der Waals surface area contributed by atoms with Gasteiger partial charge in [-0.1, -0.05) is 24.4 Å². The quantitative estimate of drug-likeness (QED) is 0.687. The van der Waals surface area contributed by atoms with Gasteiger partial charge < -0.3 is 5.32 Å². The van der Waals surface area contributed by atoms with Crippen LogP contribution in [0.15, 0.2) is 41.2 Å². The first-order valence-corrected chi connectivity index (χ1v) is 9.99. The Hall–Kier alpha value is -3.17. The van der Waals surface area contributed by atoms with E-state index in [-0.39, 0.29) is 16.5 Å². The minimum absolute atomic E-state index is 0.0438. The van der Waals surface area contributed by atoms with Crippen molar-refractivity contribution in [3.8, 4) is 6.07 Å². The number of halogens is 1. The Kier molecular flexibility index (Phi) is 5.32. The number of nitrogens with one attached hydrogen (secondary N) is 1. The number of aromatic nitrogens is 2. The van der Waals surface area contributed by atoms with Gasteiger partial charge in [0.2, 0.25) is 0 Å². The zero-order valence-corrected chi connectivity index (χ0v) is 16.5. The summed E-state index contributed by atoms with van der Waals surface area (Å²) >= 11 is 6.03. The largest absolute Gasteiger partial charge is 0.322 e. The Balaban J connectivity index is 1.67. The predicted octanol–water partition coefficient (Wildman–Crippen LogP) is 4.29. The van der Waals surface area contributed by atoms with Crippen molar-refractivity contribution in [3.05, 3.63) is 68.7 Å². The lowest BCUT2D eigenvalue weighted by molar-refractivity contribution is 0.102. The smallest absolute Gasteiger partial charge is 0.261 e. The average molecular weight is 407 g/mol. The molecule has 0 aliphatic carbocycles. The summed E-state index contributed by atoms with van der Waals surface area (Å²) in [5.74, 6) is 0.458. The third-order valence-electron chi connectivity index (χ3n) is 5.18. The van der Waals surface area contributed by atoms with E-state index in [1.54, 1.807) is 34.9 Å². The van der Waals surface area contributed by atoms with Crippen molar-refractivity contribution in [1.29, 1.82) is 5.26 Å². The van der Waals surface area contributed by atoms with Gasteiger partial charge in [0.05, 0.1) is 21.5 Å². The number of nitriles is 1. The first kappa shape index (κ1) is 19.2. The Bertz CT molecular complexity index is 1210. The number of hydrogen-bond donors (Lipinski definition) is 1. The van der Waals surface area contributed by atoms with Crippen LogP contribution >= 0.6 is 11.6 Å². The second-order valence-corrected chi connectivity index (χ2v) is 7.55. The molecule has 29 heavy (non-hydrogen) atoms. The maximum Gasteiger partial charge on any atom is 0.261 e. The van der Waals surface area contributed by atoms with Crippen molar-refractivity contribution in [3.63, 3.8) is 0 Å². The third kappa shape index (κ3) is 3.87. The summed E-state index contributed by atoms with van der Waals surface area (Å²) in [6, 6.07) is 11.6. The van der Waals surface area contributed by atoms with Crippen LogP contribution in [0.1, 0.15) is 47.4 Å². The number of hydrogen-bond acceptors (Lipinski definition) is 4. The van der Waals surface area contributed by atoms with Crippen LogP contribution in [0.5, 0.6) is 0 Å². The van der Waals surface area contributed by atoms with E-state index < -0.39 is 0 Å². The summed E-state index contributed by atoms with van der Waals surface area (Å²) in [5.41, 5.74) is 1.73. The zero-order chi connectivity index (χ0) is 20.4. The van der Waals surface area contributed by atoms with Gasteiger partial charge >= 0.3 is 0 Å². The molecule has 6 nitrogen and oxygen atoms in total. The summed E-state index contributed by atoms with van der Waals surface area (Å²) in [7, 11) is 0. The van der Waals surface area contributed by atoms with Crippen LogP contribution in [0, 0.1) is 11.3 Å². The molecule has 2 heterocycles. The van der Waals surface area contributed by atoms with Gasteiger partial charge in [-0.2, -0.15) is 5.26 Å². The predicted molar refractivity (Wildman–Crippen MR) is 112 cm³/mol. The number of fused-ring (bicyclic) bond motifs is 2. The van der Waals surface area contributed by atoms with Gasteiger partial charge in [-0.3, -0.25) is 14.2 Å². The molecule has 7 heteroatoms. The van der Waals surface area contributed by atoms with Crippen LogP contribution in [0.2, 0.25) is 5.02 Å². The van der Waals surface area contributed by atoms with Gasteiger partial charge in [0.15, 0.2) is 0 Å². The zero-order valence-electron chi connectivity index (χ0n) is 15.7. The van der Waals surface area contributed by atoms with Crippen LogP contribution in [-0.4, -0.2) is 15.5 Å². The van der Waals surface area contributed by atoms with E-state index >= 15 is 0 Å². The van der Waals surface area contributed by atoms with Crippen molar-refractivity contribution < 1.29 is 4.79 Å². The molecule has 0 spiro atoms. The number of aryl methyl sites for hydroxylation is 1. The number of anilines is 1. The molecule has 0 fully saturated rings. The molecule has 1 N–H and O–H groups in total. The maximum atomic E-state index is 12.9. The molecule has 4 rings (SSSR count). The number of nitrogens with zero attached hydrogens (tertiary/aromatic N) is 3. The molecule has 3 aromatic rings. The molecule has 146 valence electrons. The first-order chi connectivity index (χ1) is 14.1. The van der Waals surface area contributed by atoms with Gasteiger partial charge in [-0.15, -0.1) is 0 Å². The number of carbonyl (C=O) groups is 1. The highest BCUT2D eigenvalue weighted by Gasteiger charge is 2.15. The van der Waals surface area contributed by atoms with E-state index in [1.807, 2.05) is 6.07 Å². The van der Waals surface area contributed by atoms with Crippen LogP contribution < -0.4 is 10.9 Å². The summed E-state index contributed by atoms with van der Waals surface area (Å²) < 4.78 is 1.78. The van der Waals surface area contributed by atoms with Crippen LogP contribution in [0.25, 0.3) is 10.9 Å². The van der Waals surface area contributed by atoms with Crippen molar-refractivity contribution in [2.45, 2.75) is 38.6 Å². The molecule has 0 radical (unpaired) electrons. The molecule has 0 saturated carbocycles. The third-order valence-corrected chi connectivity index (χ3v) is 5.49. The summed E-state index contributed by atoms with van der Waals surface area (Å²) in [5, 5.41) is 12.5. The van der Waals surface area contributed by atoms with Gasteiger partial charge in [0, 0.05) is 24.2 Å². The van der Waals surface area contributed by atoms with E-state index in [2.05, 4.69) is 5.32 Å². The standard InChI is InChI=1S/C22H19ClN4O2/c23-18-12-16(8-6-15(18)13-24)25-21(28)14-7-9-17-19(11-14)26-20-5-3-1-2-4-10-27(20)22(17)29/h6-9,11-12H,1-5,10H2,(H,25,28). The molecule has 1 aliphatic heterocycles. The van der Waals surface area contributed by atoms with Crippen molar-refractivity contribution in [1.82, 2.24) is 9.55 Å². The van der Waals surface area contributed by atoms with E-state index in [0.717, 1.165) is 37.9 Å². The SMILES string of the molecule is N#Cc1ccc(NC(=O)c2ccc3c(=O)n4c(nc3c2)CCCCCC4)cc1Cl. The van der Waals surface area contributed by atoms with E-state index in [4.69, 9.17) is 21.8 Å². The number of benzene rings is 2. The minimum atomic E-state index is -0.332. The van der Waals surface area contributed by atoms with Gasteiger partial charge in [0.1, 0.15) is 11.9 Å². The number of rotatable bonds is 2. The Morgan fingerprint density at radius 3 is 2.76 bits per heavy atom. The van der Waals surface area contributed by atoms with Gasteiger partial charge in [-0.05, 0) is 49.2 Å². The summed E-state index contributed by atoms with van der Waals surface area (Å²) in [6.45, 7) is 0.693. The highest BCUT2D eigenvalue weighted by atomic mass is 35.5. The molecule has 1 aliphatic rings. The highest BCUT2D eigenvalue weighted by Crippen LogP contribution is 2.21. The lowest BCUT2D eigenvalue weighted by atomic mass is 10.1. The lowest BCUT2D eigenvalue weighted by Crippen LogP contribution is -2.26. The second kappa shape index (κ2) is 8.06. The van der Waals surface area contributed by atoms with Crippen molar-refractivity contribution in [2.75, 3.05) is 5.32 Å². The van der Waals surface area contributed by atoms with E-state index in [0.29, 0.717) is 34.3 Å². The lowest BCUT2D eigenvalue weighted by Gasteiger charge is -2.16. The molecule has 0 saturated heterocycles. The molecule has 1 aromatic heterocycles. The second-order valence-electron chi connectivity index (χ2n) is 7.14. The first-order valence-electron chi connectivity index (χ1n) is 9.61. The van der Waals surface area contributed by atoms with Crippen molar-refractivity contribution >= 4 is 34.1 Å². The molecular weight excluding hydrogens is 388 g/mol. The Morgan fingerprint density at radius 1 is 1.14 bits per heavy atom. The van der Waals surface area contributed by atoms with Crippen molar-refractivity contribution in [2.24, 2.45) is 0 Å². The molecule has 0 atom stereocenters. The van der Waals surface area contributed by atoms with Crippen LogP contribution in [0.3, 0.4) is 0 Å². The molecule has 0 unspecified atom stereocenters. The Labute approximate surface area is 172 Å². The fourth-order valence-electron chi connectivity index (χ4n) is 3.62. The highest BCUT2D eigenvalue weighted by molar-refractivity contribution is 6.32. The summed E-state index contributed by atoms with van der Waals surface area (Å²) in [4.78, 5) is 30.2. The Morgan fingerprint density at radius 2 is 1.97 bits per heavy atom. The van der Waals surface area contributed by atoms with Gasteiger partial charge in [-0.25, -0.2) is 4.98 Å². The average Bonchev–Trinajstić information content (AvgIpc) is 2.69. The molecule has 2 aromatic carbocycles. The monoisotopic (exact) mass is 406 g/mol. The number of amides is 1. The minimum Gasteiger partial charge on any atom is -0.322 e. The number of carbonyl (C=O) groups excluding carboxylic acids is 1. The van der Waals surface area contributed by atoms with Crippen LogP contribution in [0.4, 0.5) is 5.69 Å². The maximum absolute atomic E-state index is 12.9. The topological polar surface area (TPSA) is 87.8 Å². The normalized spacial score (nSPS) is 13.8. The fraction of sp³-hybridized carbons (Fsp3) is 0.273.